The van der Waals surface area contributed by atoms with Crippen LogP contribution in [0.25, 0.3) is 22.8 Å². The molecule has 0 saturated heterocycles. The number of anilines is 1. The van der Waals surface area contributed by atoms with Gasteiger partial charge < -0.3 is 19.3 Å². The molecule has 1 aromatic heterocycles. The molecule has 0 aliphatic carbocycles. The lowest BCUT2D eigenvalue weighted by Gasteiger charge is -2.07. The Morgan fingerprint density at radius 2 is 1.77 bits per heavy atom. The highest BCUT2D eigenvalue weighted by Crippen LogP contribution is 2.33. The zero-order chi connectivity index (χ0) is 20.5. The summed E-state index contributed by atoms with van der Waals surface area (Å²) in [6.07, 6.45) is 0. The topological polar surface area (TPSA) is 86.5 Å². The standard InChI is InChI=1S/C22H14FN3O4/c23-16-7-4-13(5-8-16)22-25-20(26-30-22)14-2-1-3-17(10-14)24-21(27)15-6-9-18-19(11-15)29-12-28-18/h1-11H,12H2,(H,24,27). The maximum Gasteiger partial charge on any atom is 0.258 e. The van der Waals surface area contributed by atoms with Crippen molar-refractivity contribution in [2.45, 2.75) is 0 Å². The minimum atomic E-state index is -0.343. The van der Waals surface area contributed by atoms with Crippen LogP contribution in [0.4, 0.5) is 10.1 Å². The molecule has 5 rings (SSSR count). The van der Waals surface area contributed by atoms with Crippen molar-refractivity contribution < 1.29 is 23.2 Å². The third-order valence-corrected chi connectivity index (χ3v) is 4.53. The van der Waals surface area contributed by atoms with Gasteiger partial charge in [-0.15, -0.1) is 0 Å². The van der Waals surface area contributed by atoms with Crippen LogP contribution in [0.1, 0.15) is 10.4 Å². The zero-order valence-electron chi connectivity index (χ0n) is 15.5. The minimum absolute atomic E-state index is 0.146. The summed E-state index contributed by atoms with van der Waals surface area (Å²) in [6.45, 7) is 0.146. The van der Waals surface area contributed by atoms with Gasteiger partial charge in [-0.1, -0.05) is 17.3 Å². The van der Waals surface area contributed by atoms with Crippen molar-refractivity contribution >= 4 is 11.6 Å². The Bertz CT molecular complexity index is 1240. The molecule has 3 aromatic carbocycles. The second kappa shape index (κ2) is 7.32. The lowest BCUT2D eigenvalue weighted by Crippen LogP contribution is -2.11. The van der Waals surface area contributed by atoms with E-state index in [1.54, 1.807) is 54.6 Å². The number of fused-ring (bicyclic) bond motifs is 1. The number of carbonyl (C=O) groups is 1. The smallest absolute Gasteiger partial charge is 0.258 e. The number of benzene rings is 3. The van der Waals surface area contributed by atoms with Crippen LogP contribution in [0.15, 0.2) is 71.3 Å². The maximum atomic E-state index is 13.1. The third-order valence-electron chi connectivity index (χ3n) is 4.53. The molecular weight excluding hydrogens is 389 g/mol. The summed E-state index contributed by atoms with van der Waals surface area (Å²) < 4.78 is 28.9. The van der Waals surface area contributed by atoms with Crippen molar-refractivity contribution in [1.29, 1.82) is 0 Å². The van der Waals surface area contributed by atoms with Crippen molar-refractivity contribution in [3.8, 4) is 34.3 Å². The average molecular weight is 403 g/mol. The molecule has 0 radical (unpaired) electrons. The molecule has 0 atom stereocenters. The number of carbonyl (C=O) groups excluding carboxylic acids is 1. The number of hydrogen-bond acceptors (Lipinski definition) is 6. The number of aromatic nitrogens is 2. The van der Waals surface area contributed by atoms with E-state index < -0.39 is 0 Å². The fourth-order valence-electron chi connectivity index (χ4n) is 3.03. The second-order valence-electron chi connectivity index (χ2n) is 6.53. The molecule has 4 aromatic rings. The quantitative estimate of drug-likeness (QED) is 0.539. The van der Waals surface area contributed by atoms with Crippen LogP contribution >= 0.6 is 0 Å². The fraction of sp³-hybridized carbons (Fsp3) is 0.0455. The van der Waals surface area contributed by atoms with Gasteiger partial charge in [0.1, 0.15) is 5.82 Å². The number of ether oxygens (including phenoxy) is 2. The van der Waals surface area contributed by atoms with Crippen LogP contribution in [-0.4, -0.2) is 22.8 Å². The first kappa shape index (κ1) is 17.9. The molecule has 0 fully saturated rings. The summed E-state index contributed by atoms with van der Waals surface area (Å²) >= 11 is 0. The van der Waals surface area contributed by atoms with E-state index in [1.165, 1.54) is 12.1 Å². The molecule has 1 aliphatic heterocycles. The van der Waals surface area contributed by atoms with E-state index in [4.69, 9.17) is 14.0 Å². The van der Waals surface area contributed by atoms with Gasteiger partial charge in [-0.05, 0) is 54.6 Å². The van der Waals surface area contributed by atoms with Gasteiger partial charge >= 0.3 is 0 Å². The van der Waals surface area contributed by atoms with Crippen molar-refractivity contribution in [3.05, 3.63) is 78.1 Å². The largest absolute Gasteiger partial charge is 0.454 e. The second-order valence-corrected chi connectivity index (χ2v) is 6.53. The first-order valence-corrected chi connectivity index (χ1v) is 9.07. The van der Waals surface area contributed by atoms with E-state index >= 15 is 0 Å². The number of nitrogens with one attached hydrogen (secondary N) is 1. The Kier molecular flexibility index (Phi) is 4.36. The molecule has 0 saturated carbocycles. The van der Waals surface area contributed by atoms with E-state index in [2.05, 4.69) is 15.5 Å². The summed E-state index contributed by atoms with van der Waals surface area (Å²) in [4.78, 5) is 16.9. The van der Waals surface area contributed by atoms with Crippen LogP contribution in [0.5, 0.6) is 11.5 Å². The van der Waals surface area contributed by atoms with Gasteiger partial charge in [0, 0.05) is 22.4 Å². The van der Waals surface area contributed by atoms with Gasteiger partial charge in [0.05, 0.1) is 0 Å². The Morgan fingerprint density at radius 1 is 0.933 bits per heavy atom. The van der Waals surface area contributed by atoms with Gasteiger partial charge in [-0.2, -0.15) is 4.98 Å². The molecule has 0 spiro atoms. The number of halogens is 1. The van der Waals surface area contributed by atoms with Crippen molar-refractivity contribution in [2.24, 2.45) is 0 Å². The van der Waals surface area contributed by atoms with Crippen LogP contribution < -0.4 is 14.8 Å². The molecule has 1 aliphatic rings. The Labute approximate surface area is 170 Å². The average Bonchev–Trinajstić information content (AvgIpc) is 3.44. The van der Waals surface area contributed by atoms with Crippen molar-refractivity contribution in [3.63, 3.8) is 0 Å². The van der Waals surface area contributed by atoms with Gasteiger partial charge in [-0.3, -0.25) is 4.79 Å². The van der Waals surface area contributed by atoms with E-state index in [0.29, 0.717) is 39.7 Å². The highest BCUT2D eigenvalue weighted by Gasteiger charge is 2.17. The first-order valence-electron chi connectivity index (χ1n) is 9.07. The summed E-state index contributed by atoms with van der Waals surface area (Å²) in [5.41, 5.74) is 2.30. The van der Waals surface area contributed by atoms with Gasteiger partial charge in [0.15, 0.2) is 11.5 Å². The molecule has 1 amide bonds. The van der Waals surface area contributed by atoms with Crippen molar-refractivity contribution in [2.75, 3.05) is 12.1 Å². The van der Waals surface area contributed by atoms with E-state index in [1.807, 2.05) is 0 Å². The number of hydrogen-bond donors (Lipinski definition) is 1. The Balaban J connectivity index is 1.35. The molecular formula is C22H14FN3O4. The molecule has 0 bridgehead atoms. The predicted molar refractivity (Wildman–Crippen MR) is 106 cm³/mol. The van der Waals surface area contributed by atoms with Gasteiger partial charge in [-0.25, -0.2) is 4.39 Å². The molecule has 0 unspecified atom stereocenters. The monoisotopic (exact) mass is 403 g/mol. The fourth-order valence-corrected chi connectivity index (χ4v) is 3.03. The van der Waals surface area contributed by atoms with Crippen molar-refractivity contribution in [1.82, 2.24) is 10.1 Å². The Morgan fingerprint density at radius 3 is 2.63 bits per heavy atom. The maximum absolute atomic E-state index is 13.1. The normalized spacial score (nSPS) is 12.0. The summed E-state index contributed by atoms with van der Waals surface area (Å²) in [6, 6.07) is 17.9. The summed E-state index contributed by atoms with van der Waals surface area (Å²) in [7, 11) is 0. The lowest BCUT2D eigenvalue weighted by atomic mass is 10.1. The Hall–Kier alpha value is -4.20. The molecule has 7 nitrogen and oxygen atoms in total. The van der Waals surface area contributed by atoms with Crippen LogP contribution in [0.3, 0.4) is 0 Å². The highest BCUT2D eigenvalue weighted by atomic mass is 19.1. The first-order chi connectivity index (χ1) is 14.7. The highest BCUT2D eigenvalue weighted by molar-refractivity contribution is 6.04. The van der Waals surface area contributed by atoms with E-state index in [9.17, 15) is 9.18 Å². The SMILES string of the molecule is O=C(Nc1cccc(-c2noc(-c3ccc(F)cc3)n2)c1)c1ccc2c(c1)OCO2. The lowest BCUT2D eigenvalue weighted by molar-refractivity contribution is 0.102. The number of rotatable bonds is 4. The number of nitrogens with zero attached hydrogens (tertiary/aromatic N) is 2. The predicted octanol–water partition coefficient (Wildman–Crippen LogP) is 4.52. The van der Waals surface area contributed by atoms with Gasteiger partial charge in [0.2, 0.25) is 12.6 Å². The molecule has 8 heteroatoms. The van der Waals surface area contributed by atoms with E-state index in [0.717, 1.165) is 0 Å². The van der Waals surface area contributed by atoms with Gasteiger partial charge in [0.25, 0.3) is 11.8 Å². The molecule has 1 N–H and O–H groups in total. The van der Waals surface area contributed by atoms with Crippen LogP contribution in [0.2, 0.25) is 0 Å². The number of amides is 1. The third kappa shape index (κ3) is 3.46. The molecule has 2 heterocycles. The molecule has 30 heavy (non-hydrogen) atoms. The molecule has 148 valence electrons. The minimum Gasteiger partial charge on any atom is -0.454 e. The summed E-state index contributed by atoms with van der Waals surface area (Å²) in [5, 5.41) is 6.82. The zero-order valence-corrected chi connectivity index (χ0v) is 15.5. The summed E-state index contributed by atoms with van der Waals surface area (Å²) in [5.74, 6) is 1.15. The van der Waals surface area contributed by atoms with Crippen LogP contribution in [0, 0.1) is 5.82 Å². The van der Waals surface area contributed by atoms with E-state index in [-0.39, 0.29) is 24.4 Å². The van der Waals surface area contributed by atoms with Crippen LogP contribution in [-0.2, 0) is 0 Å².